The summed E-state index contributed by atoms with van der Waals surface area (Å²) in [5.41, 5.74) is 5.52. The molecule has 98 valence electrons. The molecule has 2 N–H and O–H groups in total. The molecule has 0 amide bonds. The monoisotopic (exact) mass is 282 g/mol. The van der Waals surface area contributed by atoms with Crippen molar-refractivity contribution in [3.05, 3.63) is 29.3 Å². The summed E-state index contributed by atoms with van der Waals surface area (Å²) < 4.78 is 5.18. The predicted octanol–water partition coefficient (Wildman–Crippen LogP) is 2.36. The fraction of sp³-hybridized carbons (Fsp3) is 0.462. The molecular formula is C13H19ClN2OSi. The summed E-state index contributed by atoms with van der Waals surface area (Å²) in [5.74, 6) is 0. The highest BCUT2D eigenvalue weighted by Gasteiger charge is 2.26. The zero-order valence-corrected chi connectivity index (χ0v) is 12.6. The molecule has 0 bridgehead atoms. The largest absolute Gasteiger partial charge is 0.463 e. The molecule has 18 heavy (non-hydrogen) atoms. The second-order valence-corrected chi connectivity index (χ2v) is 10.6. The average molecular weight is 283 g/mol. The van der Waals surface area contributed by atoms with Crippen molar-refractivity contribution in [2.75, 3.05) is 6.61 Å². The summed E-state index contributed by atoms with van der Waals surface area (Å²) in [4.78, 5) is 4.27. The fourth-order valence-electron chi connectivity index (χ4n) is 2.16. The van der Waals surface area contributed by atoms with E-state index < -0.39 is 8.07 Å². The van der Waals surface area contributed by atoms with Crippen LogP contribution in [0.3, 0.4) is 0 Å². The molecule has 0 fully saturated rings. The van der Waals surface area contributed by atoms with E-state index in [-0.39, 0.29) is 6.04 Å². The second-order valence-electron chi connectivity index (χ2n) is 5.36. The Balaban J connectivity index is 1.96. The van der Waals surface area contributed by atoms with Crippen LogP contribution in [0, 0.1) is 0 Å². The Kier molecular flexibility index (Phi) is 3.97. The number of amidine groups is 1. The second kappa shape index (κ2) is 5.32. The number of nitrogens with zero attached hydrogens (tertiary/aromatic N) is 1. The molecule has 1 aliphatic rings. The van der Waals surface area contributed by atoms with Gasteiger partial charge in [-0.3, -0.25) is 0 Å². The molecule has 1 aliphatic heterocycles. The number of nitrogens with two attached hydrogens (primary N) is 1. The first kappa shape index (κ1) is 13.4. The van der Waals surface area contributed by atoms with Gasteiger partial charge in [-0.05, 0) is 18.6 Å². The van der Waals surface area contributed by atoms with E-state index >= 15 is 0 Å². The molecular weight excluding hydrogens is 264 g/mol. The minimum absolute atomic E-state index is 0.240. The Bertz CT molecular complexity index is 445. The maximum atomic E-state index is 5.93. The van der Waals surface area contributed by atoms with E-state index in [4.69, 9.17) is 22.1 Å². The van der Waals surface area contributed by atoms with E-state index in [1.54, 1.807) is 0 Å². The lowest BCUT2D eigenvalue weighted by molar-refractivity contribution is 0.310. The highest BCUT2D eigenvalue weighted by atomic mass is 35.5. The third kappa shape index (κ3) is 3.27. The topological polar surface area (TPSA) is 47.6 Å². The Morgan fingerprint density at radius 3 is 2.61 bits per heavy atom. The Morgan fingerprint density at radius 2 is 2.06 bits per heavy atom. The Morgan fingerprint density at radius 1 is 1.39 bits per heavy atom. The van der Waals surface area contributed by atoms with Gasteiger partial charge < -0.3 is 10.5 Å². The summed E-state index contributed by atoms with van der Waals surface area (Å²) in [7, 11) is -1.42. The number of hydrogen-bond acceptors (Lipinski definition) is 3. The summed E-state index contributed by atoms with van der Waals surface area (Å²) >= 11 is 5.93. The minimum Gasteiger partial charge on any atom is -0.463 e. The number of ether oxygens (including phenoxy) is 1. The molecule has 1 aromatic rings. The lowest BCUT2D eigenvalue weighted by atomic mass is 10.3. The molecule has 0 aromatic heterocycles. The van der Waals surface area contributed by atoms with E-state index in [1.165, 1.54) is 11.2 Å². The van der Waals surface area contributed by atoms with E-state index in [2.05, 4.69) is 30.2 Å². The van der Waals surface area contributed by atoms with Crippen molar-refractivity contribution in [2.45, 2.75) is 31.6 Å². The van der Waals surface area contributed by atoms with Gasteiger partial charge in [0.15, 0.2) is 0 Å². The van der Waals surface area contributed by atoms with Gasteiger partial charge in [0.1, 0.15) is 6.61 Å². The molecule has 0 spiro atoms. The highest BCUT2D eigenvalue weighted by Crippen LogP contribution is 2.18. The van der Waals surface area contributed by atoms with Crippen molar-refractivity contribution in [1.82, 2.24) is 0 Å². The average Bonchev–Trinajstić information content (AvgIpc) is 2.73. The first-order valence-electron chi connectivity index (χ1n) is 6.19. The van der Waals surface area contributed by atoms with Gasteiger partial charge in [0.25, 0.3) is 6.02 Å². The highest BCUT2D eigenvalue weighted by molar-refractivity contribution is 6.89. The molecule has 0 saturated carbocycles. The van der Waals surface area contributed by atoms with Crippen LogP contribution in [0.5, 0.6) is 0 Å². The van der Waals surface area contributed by atoms with Crippen LogP contribution in [-0.2, 0) is 4.74 Å². The Labute approximate surface area is 114 Å². The van der Waals surface area contributed by atoms with Crippen LogP contribution in [0.2, 0.25) is 24.2 Å². The quantitative estimate of drug-likeness (QED) is 0.862. The third-order valence-corrected chi connectivity index (χ3v) is 7.15. The summed E-state index contributed by atoms with van der Waals surface area (Å²) in [6.07, 6.45) is 1.04. The van der Waals surface area contributed by atoms with Crippen molar-refractivity contribution < 1.29 is 4.74 Å². The molecule has 3 nitrogen and oxygen atoms in total. The van der Waals surface area contributed by atoms with E-state index in [1.807, 2.05) is 12.1 Å². The van der Waals surface area contributed by atoms with Gasteiger partial charge in [-0.1, -0.05) is 48.1 Å². The number of aliphatic imine (C=N–C) groups is 1. The lowest BCUT2D eigenvalue weighted by Gasteiger charge is -2.23. The van der Waals surface area contributed by atoms with Crippen LogP contribution in [0.1, 0.15) is 6.42 Å². The van der Waals surface area contributed by atoms with Crippen LogP contribution >= 0.6 is 11.6 Å². The van der Waals surface area contributed by atoms with Crippen LogP contribution in [-0.4, -0.2) is 26.7 Å². The molecule has 1 atom stereocenters. The predicted molar refractivity (Wildman–Crippen MR) is 79.4 cm³/mol. The number of hydrogen-bond donors (Lipinski definition) is 1. The van der Waals surface area contributed by atoms with Crippen molar-refractivity contribution in [3.63, 3.8) is 0 Å². The molecule has 1 aromatic carbocycles. The third-order valence-electron chi connectivity index (χ3n) is 3.46. The van der Waals surface area contributed by atoms with E-state index in [0.717, 1.165) is 11.4 Å². The Hall–Kier alpha value is -1.00. The normalized spacial score (nSPS) is 19.5. The van der Waals surface area contributed by atoms with Gasteiger partial charge in [0, 0.05) is 5.02 Å². The minimum atomic E-state index is -1.42. The van der Waals surface area contributed by atoms with Crippen molar-refractivity contribution in [3.8, 4) is 0 Å². The first-order chi connectivity index (χ1) is 8.47. The van der Waals surface area contributed by atoms with E-state index in [9.17, 15) is 0 Å². The van der Waals surface area contributed by atoms with Gasteiger partial charge in [0.05, 0.1) is 14.1 Å². The number of rotatable bonds is 4. The fourth-order valence-corrected chi connectivity index (χ4v) is 4.70. The zero-order chi connectivity index (χ0) is 13.2. The number of halogens is 1. The van der Waals surface area contributed by atoms with Crippen LogP contribution in [0.4, 0.5) is 0 Å². The lowest BCUT2D eigenvalue weighted by Crippen LogP contribution is -2.41. The van der Waals surface area contributed by atoms with Crippen molar-refractivity contribution in [2.24, 2.45) is 10.7 Å². The van der Waals surface area contributed by atoms with Gasteiger partial charge in [-0.15, -0.1) is 0 Å². The van der Waals surface area contributed by atoms with Gasteiger partial charge in [-0.25, -0.2) is 4.99 Å². The molecule has 0 radical (unpaired) electrons. The maximum absolute atomic E-state index is 5.93. The van der Waals surface area contributed by atoms with Crippen LogP contribution in [0.25, 0.3) is 0 Å². The van der Waals surface area contributed by atoms with Crippen LogP contribution in [0.15, 0.2) is 29.3 Å². The van der Waals surface area contributed by atoms with E-state index in [0.29, 0.717) is 12.6 Å². The van der Waals surface area contributed by atoms with Crippen molar-refractivity contribution in [1.29, 1.82) is 0 Å². The number of benzene rings is 1. The summed E-state index contributed by atoms with van der Waals surface area (Å²) in [6, 6.07) is 10.0. The SMILES string of the molecule is C[Si](C)(CCC1COC(N)=N1)c1ccc(Cl)cc1. The van der Waals surface area contributed by atoms with Crippen LogP contribution < -0.4 is 10.9 Å². The summed E-state index contributed by atoms with van der Waals surface area (Å²) in [6.45, 7) is 5.38. The van der Waals surface area contributed by atoms with Gasteiger partial charge in [-0.2, -0.15) is 0 Å². The smallest absolute Gasteiger partial charge is 0.282 e. The zero-order valence-electron chi connectivity index (χ0n) is 10.8. The van der Waals surface area contributed by atoms with Gasteiger partial charge in [0.2, 0.25) is 0 Å². The summed E-state index contributed by atoms with van der Waals surface area (Å²) in [5, 5.41) is 2.23. The molecule has 1 unspecified atom stereocenters. The molecule has 5 heteroatoms. The molecule has 0 saturated heterocycles. The van der Waals surface area contributed by atoms with Gasteiger partial charge >= 0.3 is 0 Å². The van der Waals surface area contributed by atoms with Crippen molar-refractivity contribution >= 4 is 30.9 Å². The molecule has 2 rings (SSSR count). The maximum Gasteiger partial charge on any atom is 0.282 e. The standard InChI is InChI=1S/C13H19ClN2OSi/c1-18(2,12-5-3-10(14)4-6-12)8-7-11-9-17-13(15)16-11/h3-6,11H,7-9H2,1-2H3,(H2,15,16). The molecule has 0 aliphatic carbocycles. The molecule has 1 heterocycles. The first-order valence-corrected chi connectivity index (χ1v) is 9.78.